The number of H-pyrrole nitrogens is 1. The van der Waals surface area contributed by atoms with Crippen molar-refractivity contribution in [3.05, 3.63) is 42.7 Å². The summed E-state index contributed by atoms with van der Waals surface area (Å²) < 4.78 is 4.89. The number of anilines is 1. The van der Waals surface area contributed by atoms with Gasteiger partial charge in [-0.2, -0.15) is 0 Å². The van der Waals surface area contributed by atoms with Gasteiger partial charge in [-0.25, -0.2) is 4.98 Å². The predicted octanol–water partition coefficient (Wildman–Crippen LogP) is 1.40. The Morgan fingerprint density at radius 1 is 1.33 bits per heavy atom. The lowest BCUT2D eigenvalue weighted by atomic mass is 10.3. The van der Waals surface area contributed by atoms with Gasteiger partial charge in [-0.15, -0.1) is 0 Å². The Morgan fingerprint density at radius 3 is 2.81 bits per heavy atom. The summed E-state index contributed by atoms with van der Waals surface area (Å²) in [6.45, 7) is 2.27. The summed E-state index contributed by atoms with van der Waals surface area (Å²) in [5.74, 6) is -0.617. The maximum Gasteiger partial charge on any atom is 0.307 e. The number of hydrogen-bond acceptors (Lipinski definition) is 5. The van der Waals surface area contributed by atoms with E-state index in [1.54, 1.807) is 31.5 Å². The number of ether oxygens (including phenoxy) is 1. The largest absolute Gasteiger partial charge is 0.466 e. The average molecular weight is 288 g/mol. The molecule has 1 amide bonds. The van der Waals surface area contributed by atoms with Gasteiger partial charge in [0.15, 0.2) is 0 Å². The average Bonchev–Trinajstić information content (AvgIpc) is 3.03. The van der Waals surface area contributed by atoms with Gasteiger partial charge in [-0.3, -0.25) is 14.6 Å². The van der Waals surface area contributed by atoms with Gasteiger partial charge in [0.2, 0.25) is 0 Å². The van der Waals surface area contributed by atoms with Crippen molar-refractivity contribution in [2.24, 2.45) is 0 Å². The Bertz CT molecular complexity index is 584. The SMILES string of the molecule is CCOC(=O)CCN(C(=O)c1cnc[nH]1)c1cccnc1. The molecule has 0 aliphatic heterocycles. The molecule has 0 spiro atoms. The minimum absolute atomic E-state index is 0.114. The van der Waals surface area contributed by atoms with Crippen LogP contribution in [0.1, 0.15) is 23.8 Å². The minimum atomic E-state index is -0.344. The van der Waals surface area contributed by atoms with Crippen molar-refractivity contribution in [2.75, 3.05) is 18.1 Å². The molecule has 0 aromatic carbocycles. The first-order valence-electron chi connectivity index (χ1n) is 6.58. The van der Waals surface area contributed by atoms with Crippen molar-refractivity contribution in [3.8, 4) is 0 Å². The van der Waals surface area contributed by atoms with E-state index in [1.165, 1.54) is 17.4 Å². The molecule has 7 nitrogen and oxygen atoms in total. The van der Waals surface area contributed by atoms with Crippen LogP contribution in [-0.4, -0.2) is 40.0 Å². The predicted molar refractivity (Wildman–Crippen MR) is 75.8 cm³/mol. The number of amides is 1. The molecule has 0 fully saturated rings. The standard InChI is InChI=1S/C14H16N4O3/c1-2-21-13(19)5-7-18(11-4-3-6-15-8-11)14(20)12-9-16-10-17-12/h3-4,6,8-10H,2,5,7H2,1H3,(H,16,17). The van der Waals surface area contributed by atoms with E-state index in [2.05, 4.69) is 15.0 Å². The van der Waals surface area contributed by atoms with Gasteiger partial charge in [0.25, 0.3) is 5.91 Å². The van der Waals surface area contributed by atoms with Crippen LogP contribution in [0.3, 0.4) is 0 Å². The van der Waals surface area contributed by atoms with Gasteiger partial charge in [-0.05, 0) is 19.1 Å². The van der Waals surface area contributed by atoms with Gasteiger partial charge in [0.05, 0.1) is 37.4 Å². The molecule has 1 N–H and O–H groups in total. The summed E-state index contributed by atoms with van der Waals surface area (Å²) in [5.41, 5.74) is 0.962. The third-order valence-electron chi connectivity index (χ3n) is 2.78. The Labute approximate surface area is 122 Å². The highest BCUT2D eigenvalue weighted by molar-refractivity contribution is 6.04. The number of pyridine rings is 1. The quantitative estimate of drug-likeness (QED) is 0.812. The number of rotatable bonds is 6. The Kier molecular flexibility index (Phi) is 5.03. The summed E-state index contributed by atoms with van der Waals surface area (Å²) in [6, 6.07) is 3.49. The molecule has 7 heteroatoms. The van der Waals surface area contributed by atoms with Crippen LogP contribution in [0.15, 0.2) is 37.1 Å². The molecule has 110 valence electrons. The van der Waals surface area contributed by atoms with Crippen molar-refractivity contribution >= 4 is 17.6 Å². The first kappa shape index (κ1) is 14.7. The molecule has 2 heterocycles. The number of carbonyl (C=O) groups is 2. The van der Waals surface area contributed by atoms with Gasteiger partial charge < -0.3 is 14.6 Å². The maximum atomic E-state index is 12.5. The van der Waals surface area contributed by atoms with E-state index in [9.17, 15) is 9.59 Å². The number of esters is 1. The Balaban J connectivity index is 2.15. The molecule has 0 bridgehead atoms. The summed E-state index contributed by atoms with van der Waals surface area (Å²) in [4.78, 5) is 36.0. The van der Waals surface area contributed by atoms with Crippen LogP contribution < -0.4 is 4.90 Å². The number of hydrogen-bond donors (Lipinski definition) is 1. The van der Waals surface area contributed by atoms with Crippen molar-refractivity contribution in [1.29, 1.82) is 0 Å². The lowest BCUT2D eigenvalue weighted by Gasteiger charge is -2.21. The second-order valence-corrected chi connectivity index (χ2v) is 4.19. The van der Waals surface area contributed by atoms with Gasteiger partial charge in [0.1, 0.15) is 5.69 Å². The minimum Gasteiger partial charge on any atom is -0.466 e. The molecule has 0 aliphatic rings. The van der Waals surface area contributed by atoms with E-state index in [4.69, 9.17) is 4.74 Å². The van der Waals surface area contributed by atoms with Crippen LogP contribution in [0.5, 0.6) is 0 Å². The molecule has 0 unspecified atom stereocenters. The summed E-state index contributed by atoms with van der Waals surface area (Å²) in [7, 11) is 0. The van der Waals surface area contributed by atoms with Gasteiger partial charge >= 0.3 is 5.97 Å². The molecule has 2 rings (SSSR count). The lowest BCUT2D eigenvalue weighted by molar-refractivity contribution is -0.142. The van der Waals surface area contributed by atoms with Gasteiger partial charge in [0, 0.05) is 12.7 Å². The van der Waals surface area contributed by atoms with Crippen molar-refractivity contribution in [1.82, 2.24) is 15.0 Å². The first-order valence-corrected chi connectivity index (χ1v) is 6.58. The zero-order valence-electron chi connectivity index (χ0n) is 11.7. The first-order chi connectivity index (χ1) is 10.2. The maximum absolute atomic E-state index is 12.5. The molecule has 21 heavy (non-hydrogen) atoms. The number of aromatic amines is 1. The highest BCUT2D eigenvalue weighted by Crippen LogP contribution is 2.15. The number of carbonyl (C=O) groups excluding carboxylic acids is 2. The number of nitrogens with zero attached hydrogens (tertiary/aromatic N) is 3. The third-order valence-corrected chi connectivity index (χ3v) is 2.78. The van der Waals surface area contributed by atoms with Crippen LogP contribution >= 0.6 is 0 Å². The molecule has 0 aliphatic carbocycles. The monoisotopic (exact) mass is 288 g/mol. The smallest absolute Gasteiger partial charge is 0.307 e. The summed E-state index contributed by atoms with van der Waals surface area (Å²) in [5, 5.41) is 0. The number of imidazole rings is 1. The van der Waals surface area contributed by atoms with Crippen LogP contribution in [0.2, 0.25) is 0 Å². The van der Waals surface area contributed by atoms with E-state index in [0.717, 1.165) is 0 Å². The van der Waals surface area contributed by atoms with Crippen LogP contribution in [0.25, 0.3) is 0 Å². The molecule has 2 aromatic heterocycles. The number of nitrogens with one attached hydrogen (secondary N) is 1. The normalized spacial score (nSPS) is 10.1. The topological polar surface area (TPSA) is 88.2 Å². The molecule has 0 saturated heterocycles. The third kappa shape index (κ3) is 3.88. The summed E-state index contributed by atoms with van der Waals surface area (Å²) >= 11 is 0. The molecular formula is C14H16N4O3. The highest BCUT2D eigenvalue weighted by Gasteiger charge is 2.20. The molecule has 0 saturated carbocycles. The Morgan fingerprint density at radius 2 is 2.19 bits per heavy atom. The lowest BCUT2D eigenvalue weighted by Crippen LogP contribution is -2.33. The van der Waals surface area contributed by atoms with Crippen molar-refractivity contribution < 1.29 is 14.3 Å². The molecular weight excluding hydrogens is 272 g/mol. The fourth-order valence-corrected chi connectivity index (χ4v) is 1.82. The van der Waals surface area contributed by atoms with Crippen molar-refractivity contribution in [2.45, 2.75) is 13.3 Å². The van der Waals surface area contributed by atoms with Crippen LogP contribution in [0.4, 0.5) is 5.69 Å². The van der Waals surface area contributed by atoms with E-state index >= 15 is 0 Å². The fourth-order valence-electron chi connectivity index (χ4n) is 1.82. The second-order valence-electron chi connectivity index (χ2n) is 4.19. The second kappa shape index (κ2) is 7.18. The van der Waals surface area contributed by atoms with Gasteiger partial charge in [-0.1, -0.05) is 0 Å². The van der Waals surface area contributed by atoms with Crippen LogP contribution in [0, 0.1) is 0 Å². The molecule has 2 aromatic rings. The zero-order valence-corrected chi connectivity index (χ0v) is 11.7. The van der Waals surface area contributed by atoms with E-state index < -0.39 is 0 Å². The summed E-state index contributed by atoms with van der Waals surface area (Å²) in [6.07, 6.45) is 6.17. The fraction of sp³-hybridized carbons (Fsp3) is 0.286. The highest BCUT2D eigenvalue weighted by atomic mass is 16.5. The van der Waals surface area contributed by atoms with Crippen LogP contribution in [-0.2, 0) is 9.53 Å². The van der Waals surface area contributed by atoms with E-state index in [-0.39, 0.29) is 24.8 Å². The zero-order chi connectivity index (χ0) is 15.1. The molecule has 0 atom stereocenters. The molecule has 0 radical (unpaired) electrons. The van der Waals surface area contributed by atoms with E-state index in [0.29, 0.717) is 18.0 Å². The number of aromatic nitrogens is 3. The van der Waals surface area contributed by atoms with Crippen molar-refractivity contribution in [3.63, 3.8) is 0 Å². The Hall–Kier alpha value is -2.70. The van der Waals surface area contributed by atoms with E-state index in [1.807, 2.05) is 0 Å².